The van der Waals surface area contributed by atoms with Crippen molar-refractivity contribution in [1.82, 2.24) is 29.7 Å². The molecule has 0 fully saturated rings. The molecular formula is C12H20N8O. The molecule has 0 amide bonds. The van der Waals surface area contributed by atoms with E-state index in [2.05, 4.69) is 35.7 Å². The quantitative estimate of drug-likeness (QED) is 0.686. The van der Waals surface area contributed by atoms with Crippen LogP contribution in [-0.4, -0.2) is 55.5 Å². The molecule has 9 nitrogen and oxygen atoms in total. The molecule has 0 radical (unpaired) electrons. The average Bonchev–Trinajstić information content (AvgIpc) is 2.98. The number of ether oxygens (including phenoxy) is 1. The van der Waals surface area contributed by atoms with Crippen LogP contribution in [-0.2, 0) is 4.74 Å². The summed E-state index contributed by atoms with van der Waals surface area (Å²) in [6.45, 7) is 7.88. The Bertz CT molecular complexity index is 542. The van der Waals surface area contributed by atoms with E-state index in [-0.39, 0.29) is 6.10 Å². The fraction of sp³-hybridized carbons (Fsp3) is 0.583. The van der Waals surface area contributed by atoms with Gasteiger partial charge in [-0.15, -0.1) is 0 Å². The molecule has 2 aromatic rings. The van der Waals surface area contributed by atoms with Crippen molar-refractivity contribution in [2.75, 3.05) is 30.3 Å². The topological polar surface area (TPSA) is 103 Å². The van der Waals surface area contributed by atoms with Crippen molar-refractivity contribution in [3.63, 3.8) is 0 Å². The van der Waals surface area contributed by atoms with Crippen LogP contribution in [0.25, 0.3) is 5.95 Å². The summed E-state index contributed by atoms with van der Waals surface area (Å²) in [7, 11) is 0. The molecule has 2 N–H and O–H groups in total. The molecule has 2 rings (SSSR count). The molecule has 0 spiro atoms. The van der Waals surface area contributed by atoms with Gasteiger partial charge < -0.3 is 15.4 Å². The summed E-state index contributed by atoms with van der Waals surface area (Å²) < 4.78 is 6.95. The Morgan fingerprint density at radius 3 is 2.57 bits per heavy atom. The molecule has 0 saturated carbocycles. The molecule has 0 aromatic carbocycles. The van der Waals surface area contributed by atoms with E-state index in [9.17, 15) is 0 Å². The molecular weight excluding hydrogens is 272 g/mol. The lowest BCUT2D eigenvalue weighted by molar-refractivity contribution is 0.0870. The maximum atomic E-state index is 5.47. The molecule has 9 heteroatoms. The van der Waals surface area contributed by atoms with Crippen LogP contribution in [0.3, 0.4) is 0 Å². The first kappa shape index (κ1) is 15.1. The fourth-order valence-electron chi connectivity index (χ4n) is 1.55. The highest BCUT2D eigenvalue weighted by Crippen LogP contribution is 2.08. The highest BCUT2D eigenvalue weighted by molar-refractivity contribution is 5.37. The van der Waals surface area contributed by atoms with Crippen LogP contribution in [0.1, 0.15) is 20.8 Å². The van der Waals surface area contributed by atoms with Gasteiger partial charge in [0.15, 0.2) is 0 Å². The number of nitrogens with one attached hydrogen (secondary N) is 2. The van der Waals surface area contributed by atoms with Crippen LogP contribution in [0.4, 0.5) is 11.9 Å². The lowest BCUT2D eigenvalue weighted by atomic mass is 10.5. The Labute approximate surface area is 123 Å². The van der Waals surface area contributed by atoms with Gasteiger partial charge in [-0.05, 0) is 20.8 Å². The van der Waals surface area contributed by atoms with Crippen LogP contribution >= 0.6 is 0 Å². The van der Waals surface area contributed by atoms with Crippen LogP contribution in [0.2, 0.25) is 0 Å². The Hall–Kier alpha value is -2.29. The number of nitrogens with zero attached hydrogens (tertiary/aromatic N) is 6. The van der Waals surface area contributed by atoms with Gasteiger partial charge >= 0.3 is 0 Å². The first-order valence-corrected chi connectivity index (χ1v) is 6.89. The SMILES string of the molecule is CCNc1nc(NCCOC(C)C)nc(-n2cncn2)n1. The number of rotatable bonds is 8. The third-order valence-electron chi connectivity index (χ3n) is 2.42. The zero-order chi connectivity index (χ0) is 15.1. The average molecular weight is 292 g/mol. The number of aromatic nitrogens is 6. The Morgan fingerprint density at radius 1 is 1.19 bits per heavy atom. The summed E-state index contributed by atoms with van der Waals surface area (Å²) in [6, 6.07) is 0. The minimum Gasteiger partial charge on any atom is -0.377 e. The zero-order valence-electron chi connectivity index (χ0n) is 12.4. The second-order valence-corrected chi connectivity index (χ2v) is 4.50. The van der Waals surface area contributed by atoms with Crippen molar-refractivity contribution in [3.05, 3.63) is 12.7 Å². The largest absolute Gasteiger partial charge is 0.377 e. The monoisotopic (exact) mass is 292 g/mol. The molecule has 114 valence electrons. The highest BCUT2D eigenvalue weighted by atomic mass is 16.5. The highest BCUT2D eigenvalue weighted by Gasteiger charge is 2.08. The van der Waals surface area contributed by atoms with Gasteiger partial charge in [0, 0.05) is 13.1 Å². The minimum absolute atomic E-state index is 0.202. The predicted octanol–water partition coefficient (Wildman–Crippen LogP) is 0.721. The molecule has 0 bridgehead atoms. The summed E-state index contributed by atoms with van der Waals surface area (Å²) in [5.41, 5.74) is 0. The van der Waals surface area contributed by atoms with Crippen molar-refractivity contribution in [2.24, 2.45) is 0 Å². The van der Waals surface area contributed by atoms with Crippen molar-refractivity contribution in [2.45, 2.75) is 26.9 Å². The molecule has 21 heavy (non-hydrogen) atoms. The number of hydrogen-bond acceptors (Lipinski definition) is 8. The van der Waals surface area contributed by atoms with E-state index >= 15 is 0 Å². The van der Waals surface area contributed by atoms with Crippen molar-refractivity contribution < 1.29 is 4.74 Å². The van der Waals surface area contributed by atoms with Gasteiger partial charge in [-0.2, -0.15) is 24.7 Å². The second kappa shape index (κ2) is 7.48. The van der Waals surface area contributed by atoms with Gasteiger partial charge in [-0.3, -0.25) is 0 Å². The van der Waals surface area contributed by atoms with Gasteiger partial charge in [0.05, 0.1) is 12.7 Å². The zero-order valence-corrected chi connectivity index (χ0v) is 12.4. The molecule has 0 atom stereocenters. The number of anilines is 2. The van der Waals surface area contributed by atoms with Crippen LogP contribution in [0.5, 0.6) is 0 Å². The molecule has 0 aliphatic heterocycles. The lowest BCUT2D eigenvalue weighted by Gasteiger charge is -2.10. The Balaban J connectivity index is 2.08. The molecule has 0 aliphatic rings. The van der Waals surface area contributed by atoms with Crippen molar-refractivity contribution >= 4 is 11.9 Å². The van der Waals surface area contributed by atoms with E-state index in [1.54, 1.807) is 0 Å². The van der Waals surface area contributed by atoms with E-state index in [1.807, 2.05) is 20.8 Å². The first-order chi connectivity index (χ1) is 10.2. The minimum atomic E-state index is 0.202. The Morgan fingerprint density at radius 2 is 1.95 bits per heavy atom. The summed E-state index contributed by atoms with van der Waals surface area (Å²) in [6.07, 6.45) is 3.17. The maximum absolute atomic E-state index is 5.47. The summed E-state index contributed by atoms with van der Waals surface area (Å²) >= 11 is 0. The van der Waals surface area contributed by atoms with Gasteiger partial charge in [0.25, 0.3) is 5.95 Å². The van der Waals surface area contributed by atoms with Gasteiger partial charge in [0.2, 0.25) is 11.9 Å². The van der Waals surface area contributed by atoms with Crippen LogP contribution in [0.15, 0.2) is 12.7 Å². The normalized spacial score (nSPS) is 10.9. The molecule has 2 heterocycles. The van der Waals surface area contributed by atoms with Crippen molar-refractivity contribution in [1.29, 1.82) is 0 Å². The third kappa shape index (κ3) is 4.63. The van der Waals surface area contributed by atoms with E-state index in [1.165, 1.54) is 17.3 Å². The summed E-state index contributed by atoms with van der Waals surface area (Å²) in [5.74, 6) is 1.37. The lowest BCUT2D eigenvalue weighted by Crippen LogP contribution is -2.17. The van der Waals surface area contributed by atoms with E-state index < -0.39 is 0 Å². The molecule has 2 aromatic heterocycles. The summed E-state index contributed by atoms with van der Waals surface area (Å²) in [4.78, 5) is 16.8. The second-order valence-electron chi connectivity index (χ2n) is 4.50. The summed E-state index contributed by atoms with van der Waals surface area (Å²) in [5, 5.41) is 10.2. The van der Waals surface area contributed by atoms with Crippen molar-refractivity contribution in [3.8, 4) is 5.95 Å². The Kier molecular flexibility index (Phi) is 5.38. The predicted molar refractivity (Wildman–Crippen MR) is 78.5 cm³/mol. The van der Waals surface area contributed by atoms with Crippen LogP contribution < -0.4 is 10.6 Å². The van der Waals surface area contributed by atoms with Gasteiger partial charge in [-0.25, -0.2) is 4.98 Å². The maximum Gasteiger partial charge on any atom is 0.258 e. The smallest absolute Gasteiger partial charge is 0.258 e. The first-order valence-electron chi connectivity index (χ1n) is 6.89. The fourth-order valence-corrected chi connectivity index (χ4v) is 1.55. The van der Waals surface area contributed by atoms with E-state index in [0.717, 1.165) is 6.54 Å². The molecule has 0 saturated heterocycles. The van der Waals surface area contributed by atoms with Crippen LogP contribution in [0, 0.1) is 0 Å². The standard InChI is InChI=1S/C12H20N8O/c1-4-14-10-17-11(15-5-6-21-9(2)3)19-12(18-10)20-8-13-7-16-20/h7-9H,4-6H2,1-3H3,(H2,14,15,17,18,19). The van der Waals surface area contributed by atoms with Gasteiger partial charge in [-0.1, -0.05) is 0 Å². The van der Waals surface area contributed by atoms with E-state index in [4.69, 9.17) is 4.74 Å². The molecule has 0 aliphatic carbocycles. The molecule has 0 unspecified atom stereocenters. The number of hydrogen-bond donors (Lipinski definition) is 2. The third-order valence-corrected chi connectivity index (χ3v) is 2.42. The van der Waals surface area contributed by atoms with E-state index in [0.29, 0.717) is 31.0 Å². The van der Waals surface area contributed by atoms with Gasteiger partial charge in [0.1, 0.15) is 12.7 Å².